The Morgan fingerprint density at radius 3 is 1.36 bits per heavy atom. The first kappa shape index (κ1) is 68.9. The Morgan fingerprint density at radius 1 is 0.500 bits per heavy atom. The van der Waals surface area contributed by atoms with E-state index in [1.807, 2.05) is 33.3 Å². The van der Waals surface area contributed by atoms with Crippen molar-refractivity contribution in [3.05, 3.63) is 97.2 Å². The molecule has 0 saturated heterocycles. The highest BCUT2D eigenvalue weighted by Crippen LogP contribution is 2.43. The van der Waals surface area contributed by atoms with E-state index in [1.54, 1.807) is 0 Å². The van der Waals surface area contributed by atoms with Gasteiger partial charge in [-0.3, -0.25) is 18.6 Å². The van der Waals surface area contributed by atoms with Crippen molar-refractivity contribution in [2.24, 2.45) is 0 Å². The van der Waals surface area contributed by atoms with Crippen LogP contribution in [0.25, 0.3) is 0 Å². The molecular formula is C62H110N2O7P+. The summed E-state index contributed by atoms with van der Waals surface area (Å²) in [6.07, 6.45) is 68.3. The van der Waals surface area contributed by atoms with Crippen molar-refractivity contribution in [1.82, 2.24) is 5.32 Å². The zero-order valence-corrected chi connectivity index (χ0v) is 48.0. The maximum atomic E-state index is 13.5. The average molecular weight is 1030 g/mol. The molecule has 0 aromatic rings. The van der Waals surface area contributed by atoms with Crippen molar-refractivity contribution in [2.45, 2.75) is 245 Å². The van der Waals surface area contributed by atoms with E-state index in [4.69, 9.17) is 13.8 Å². The third-order valence-electron chi connectivity index (χ3n) is 12.3. The van der Waals surface area contributed by atoms with Gasteiger partial charge in [-0.15, -0.1) is 0 Å². The summed E-state index contributed by atoms with van der Waals surface area (Å²) in [6, 6.07) is -0.872. The number of phosphoric ester groups is 1. The molecule has 3 unspecified atom stereocenters. The van der Waals surface area contributed by atoms with Crippen molar-refractivity contribution in [2.75, 3.05) is 40.9 Å². The fourth-order valence-electron chi connectivity index (χ4n) is 7.76. The predicted molar refractivity (Wildman–Crippen MR) is 309 cm³/mol. The molecule has 10 heteroatoms. The molecule has 0 aliphatic carbocycles. The molecule has 0 aromatic carbocycles. The van der Waals surface area contributed by atoms with Crippen molar-refractivity contribution < 1.29 is 37.3 Å². The summed E-state index contributed by atoms with van der Waals surface area (Å²) in [5.41, 5.74) is 0. The Kier molecular flexibility index (Phi) is 49.2. The summed E-state index contributed by atoms with van der Waals surface area (Å²) in [4.78, 5) is 37.6. The normalized spacial score (nSPS) is 14.5. The van der Waals surface area contributed by atoms with Gasteiger partial charge in [0.15, 0.2) is 0 Å². The fourth-order valence-corrected chi connectivity index (χ4v) is 8.50. The fraction of sp³-hybridized carbons (Fsp3) is 0.710. The minimum Gasteiger partial charge on any atom is -0.456 e. The number of allylic oxidation sites excluding steroid dienone is 15. The van der Waals surface area contributed by atoms with E-state index in [-0.39, 0.29) is 31.5 Å². The molecule has 1 amide bonds. The summed E-state index contributed by atoms with van der Waals surface area (Å²) in [6.45, 7) is 6.81. The average Bonchev–Trinajstić information content (AvgIpc) is 3.34. The van der Waals surface area contributed by atoms with Crippen LogP contribution < -0.4 is 5.32 Å². The molecule has 0 aliphatic rings. The van der Waals surface area contributed by atoms with Crippen LogP contribution in [0.5, 0.6) is 0 Å². The number of unbranched alkanes of at least 4 members (excludes halogenated alkanes) is 21. The van der Waals surface area contributed by atoms with Crippen LogP contribution >= 0.6 is 7.82 Å². The molecule has 0 fully saturated rings. The number of amides is 1. The lowest BCUT2D eigenvalue weighted by Crippen LogP contribution is -2.47. The molecule has 0 rings (SSSR count). The van der Waals surface area contributed by atoms with Crippen LogP contribution in [0.1, 0.15) is 233 Å². The smallest absolute Gasteiger partial charge is 0.456 e. The second kappa shape index (κ2) is 51.4. The van der Waals surface area contributed by atoms with Crippen LogP contribution in [0.4, 0.5) is 0 Å². The van der Waals surface area contributed by atoms with Gasteiger partial charge in [-0.05, 0) is 109 Å². The minimum atomic E-state index is -4.46. The van der Waals surface area contributed by atoms with Gasteiger partial charge in [-0.25, -0.2) is 4.57 Å². The first-order valence-electron chi connectivity index (χ1n) is 29.1. The molecule has 72 heavy (non-hydrogen) atoms. The maximum absolute atomic E-state index is 13.5. The monoisotopic (exact) mass is 1030 g/mol. The van der Waals surface area contributed by atoms with Crippen LogP contribution in [-0.2, 0) is 27.9 Å². The molecular weight excluding hydrogens is 916 g/mol. The lowest BCUT2D eigenvalue weighted by molar-refractivity contribution is -0.870. The first-order valence-corrected chi connectivity index (χ1v) is 30.6. The Morgan fingerprint density at radius 2 is 0.889 bits per heavy atom. The van der Waals surface area contributed by atoms with Gasteiger partial charge >= 0.3 is 13.8 Å². The van der Waals surface area contributed by atoms with Crippen LogP contribution in [0.3, 0.4) is 0 Å². The lowest BCUT2D eigenvalue weighted by Gasteiger charge is -2.27. The van der Waals surface area contributed by atoms with E-state index in [9.17, 15) is 19.0 Å². The lowest BCUT2D eigenvalue weighted by atomic mass is 10.1. The molecule has 0 aliphatic heterocycles. The van der Waals surface area contributed by atoms with Crippen molar-refractivity contribution in [1.29, 1.82) is 0 Å². The number of quaternary nitrogens is 1. The summed E-state index contributed by atoms with van der Waals surface area (Å²) in [5.74, 6) is -0.559. The standard InChI is InChI=1S/C62H109N2O7P/c1-7-10-13-16-19-22-25-27-29-30-31-32-33-34-35-37-40-43-46-49-52-55-62(66)71-60(53-50-47-44-41-38-24-21-18-15-12-9-3)59(58-70-72(67,68)69-57-56-64(4,5)6)63-61(65)54-51-48-45-42-39-36-28-26-23-20-17-14-11-8-2/h11,14,19-20,22-23,27-29,31-32,34-36,50,53,59-60H,7-10,12-13,15-18,21,24-26,30,33,37-49,51-52,54-58H2,1-6H3,(H-,63,65,67,68)/p+1/b14-11+,22-19-,23-20+,29-27-,32-31-,35-34-,36-28+,53-50-. The Hall–Kier alpha value is -3.07. The van der Waals surface area contributed by atoms with Gasteiger partial charge in [-0.1, -0.05) is 208 Å². The molecule has 0 heterocycles. The van der Waals surface area contributed by atoms with Gasteiger partial charge in [0.25, 0.3) is 0 Å². The van der Waals surface area contributed by atoms with Crippen LogP contribution in [-0.4, -0.2) is 74.3 Å². The molecule has 0 saturated carbocycles. The highest BCUT2D eigenvalue weighted by atomic mass is 31.2. The SMILES string of the molecule is CC/C=C/C/C=C/C/C=C/CCCCCCC(=O)NC(COP(=O)(O)OCC[N+](C)(C)C)C(/C=C\CCCCCCCCCCC)OC(=O)CCCCCCC/C=C\C/C=C\C/C=C\C/C=C\CCCCC. The molecule has 0 bridgehead atoms. The van der Waals surface area contributed by atoms with Crippen LogP contribution in [0.15, 0.2) is 97.2 Å². The number of carbonyl (C=O) groups is 2. The largest absolute Gasteiger partial charge is 0.472 e. The Labute approximate surface area is 443 Å². The maximum Gasteiger partial charge on any atom is 0.472 e. The van der Waals surface area contributed by atoms with E-state index in [0.29, 0.717) is 30.3 Å². The zero-order valence-electron chi connectivity index (χ0n) is 47.1. The quantitative estimate of drug-likeness (QED) is 0.0205. The minimum absolute atomic E-state index is 0.0275. The third-order valence-corrected chi connectivity index (χ3v) is 13.2. The highest BCUT2D eigenvalue weighted by Gasteiger charge is 2.30. The number of carbonyl (C=O) groups excluding carboxylic acids is 2. The topological polar surface area (TPSA) is 111 Å². The summed E-state index contributed by atoms with van der Waals surface area (Å²) in [7, 11) is 1.45. The van der Waals surface area contributed by atoms with Crippen LogP contribution in [0.2, 0.25) is 0 Å². The number of ether oxygens (including phenoxy) is 1. The first-order chi connectivity index (χ1) is 34.9. The second-order valence-electron chi connectivity index (χ2n) is 20.4. The van der Waals surface area contributed by atoms with Crippen molar-refractivity contribution in [3.63, 3.8) is 0 Å². The Bertz CT molecular complexity index is 1560. The number of esters is 1. The third kappa shape index (κ3) is 51.8. The summed E-state index contributed by atoms with van der Waals surface area (Å²) < 4.78 is 30.6. The molecule has 414 valence electrons. The van der Waals surface area contributed by atoms with Gasteiger partial charge in [0.2, 0.25) is 5.91 Å². The Balaban J connectivity index is 5.34. The molecule has 3 atom stereocenters. The van der Waals surface area contributed by atoms with Gasteiger partial charge in [0, 0.05) is 12.8 Å². The van der Waals surface area contributed by atoms with Gasteiger partial charge < -0.3 is 19.4 Å². The molecule has 0 spiro atoms. The van der Waals surface area contributed by atoms with E-state index < -0.39 is 20.0 Å². The van der Waals surface area contributed by atoms with Crippen LogP contribution in [0, 0.1) is 0 Å². The van der Waals surface area contributed by atoms with E-state index >= 15 is 0 Å². The number of nitrogens with one attached hydrogen (secondary N) is 1. The molecule has 9 nitrogen and oxygen atoms in total. The van der Waals surface area contributed by atoms with E-state index in [1.165, 1.54) is 70.6 Å². The number of nitrogens with zero attached hydrogens (tertiary/aromatic N) is 1. The van der Waals surface area contributed by atoms with E-state index in [0.717, 1.165) is 116 Å². The second-order valence-corrected chi connectivity index (χ2v) is 21.9. The molecule has 0 aromatic heterocycles. The number of likely N-dealkylation sites (N-methyl/N-ethyl adjacent to an activating group) is 1. The van der Waals surface area contributed by atoms with Crippen molar-refractivity contribution in [3.8, 4) is 0 Å². The van der Waals surface area contributed by atoms with Gasteiger partial charge in [0.05, 0.1) is 33.8 Å². The predicted octanol–water partition coefficient (Wildman–Crippen LogP) is 17.6. The number of hydrogen-bond donors (Lipinski definition) is 2. The summed E-state index contributed by atoms with van der Waals surface area (Å²) in [5, 5.41) is 3.02. The number of hydrogen-bond acceptors (Lipinski definition) is 6. The van der Waals surface area contributed by atoms with E-state index in [2.05, 4.69) is 111 Å². The summed E-state index contributed by atoms with van der Waals surface area (Å²) >= 11 is 0. The molecule has 0 radical (unpaired) electrons. The van der Waals surface area contributed by atoms with Crippen molar-refractivity contribution >= 4 is 19.7 Å². The van der Waals surface area contributed by atoms with Gasteiger partial charge in [0.1, 0.15) is 19.3 Å². The highest BCUT2D eigenvalue weighted by molar-refractivity contribution is 7.47. The number of phosphoric acid groups is 1. The number of rotatable bonds is 51. The molecule has 2 N–H and O–H groups in total. The zero-order chi connectivity index (χ0) is 52.9. The van der Waals surface area contributed by atoms with Gasteiger partial charge in [-0.2, -0.15) is 0 Å².